The van der Waals surface area contributed by atoms with Crippen LogP contribution in [0.5, 0.6) is 0 Å². The number of hydrogen-bond donors (Lipinski definition) is 1. The molecule has 0 fully saturated rings. The first kappa shape index (κ1) is 17.2. The van der Waals surface area contributed by atoms with E-state index >= 15 is 0 Å². The van der Waals surface area contributed by atoms with Crippen LogP contribution in [0, 0.1) is 5.82 Å². The molecule has 0 radical (unpaired) electrons. The number of carbonyl (C=O) groups excluding carboxylic acids is 1. The lowest BCUT2D eigenvalue weighted by molar-refractivity contribution is -0.142. The van der Waals surface area contributed by atoms with Crippen molar-refractivity contribution in [1.29, 1.82) is 0 Å². The van der Waals surface area contributed by atoms with Crippen molar-refractivity contribution < 1.29 is 19.0 Å². The second kappa shape index (κ2) is 8.44. The number of benzene rings is 2. The topological polar surface area (TPSA) is 46.5 Å². The molecule has 2 rings (SSSR count). The van der Waals surface area contributed by atoms with Crippen LogP contribution in [0.3, 0.4) is 0 Å². The van der Waals surface area contributed by atoms with Gasteiger partial charge in [0.15, 0.2) is 0 Å². The van der Waals surface area contributed by atoms with E-state index in [2.05, 4.69) is 0 Å². The minimum Gasteiger partial charge on any atom is -0.469 e. The highest BCUT2D eigenvalue weighted by molar-refractivity contribution is 5.77. The molecule has 0 aromatic heterocycles. The summed E-state index contributed by atoms with van der Waals surface area (Å²) in [7, 11) is 1.37. The fraction of sp³-hybridized carbons (Fsp3) is 0.316. The number of ether oxygens (including phenoxy) is 1. The van der Waals surface area contributed by atoms with Gasteiger partial charge in [-0.3, -0.25) is 4.79 Å². The highest BCUT2D eigenvalue weighted by atomic mass is 19.1. The van der Waals surface area contributed by atoms with E-state index in [1.165, 1.54) is 19.2 Å². The first-order valence-corrected chi connectivity index (χ1v) is 7.64. The molecule has 1 N–H and O–H groups in total. The number of carbonyl (C=O) groups is 1. The number of esters is 1. The van der Waals surface area contributed by atoms with E-state index < -0.39 is 0 Å². The minimum absolute atomic E-state index is 0.0911. The third kappa shape index (κ3) is 4.63. The summed E-state index contributed by atoms with van der Waals surface area (Å²) in [6.07, 6.45) is 1.09. The number of aliphatic hydroxyl groups excluding tert-OH is 1. The van der Waals surface area contributed by atoms with Gasteiger partial charge < -0.3 is 9.84 Å². The first-order valence-electron chi connectivity index (χ1n) is 7.64. The SMILES string of the molecule is COC(=O)C(CCC(CO)c1cccc(F)c1)c1ccccc1. The van der Waals surface area contributed by atoms with E-state index in [0.717, 1.165) is 11.1 Å². The van der Waals surface area contributed by atoms with Crippen LogP contribution in [0.2, 0.25) is 0 Å². The average Bonchev–Trinajstić information content (AvgIpc) is 2.59. The third-order valence-corrected chi connectivity index (χ3v) is 4.03. The smallest absolute Gasteiger partial charge is 0.313 e. The molecule has 0 saturated carbocycles. The predicted octanol–water partition coefficient (Wildman–Crippen LogP) is 3.64. The van der Waals surface area contributed by atoms with Crippen molar-refractivity contribution in [3.63, 3.8) is 0 Å². The number of hydrogen-bond acceptors (Lipinski definition) is 3. The van der Waals surface area contributed by atoms with Crippen molar-refractivity contribution in [2.24, 2.45) is 0 Å². The maximum atomic E-state index is 13.4. The Hall–Kier alpha value is -2.20. The first-order chi connectivity index (χ1) is 11.2. The van der Waals surface area contributed by atoms with Crippen molar-refractivity contribution >= 4 is 5.97 Å². The molecular weight excluding hydrogens is 295 g/mol. The van der Waals surface area contributed by atoms with E-state index in [1.807, 2.05) is 30.3 Å². The molecule has 2 unspecified atom stereocenters. The molecule has 0 aliphatic carbocycles. The maximum absolute atomic E-state index is 13.4. The second-order valence-electron chi connectivity index (χ2n) is 5.50. The molecule has 0 spiro atoms. The lowest BCUT2D eigenvalue weighted by Crippen LogP contribution is -2.16. The lowest BCUT2D eigenvalue weighted by Gasteiger charge is -2.19. The van der Waals surface area contributed by atoms with Crippen molar-refractivity contribution in [2.75, 3.05) is 13.7 Å². The summed E-state index contributed by atoms with van der Waals surface area (Å²) in [5.41, 5.74) is 1.62. The van der Waals surface area contributed by atoms with Crippen LogP contribution in [-0.4, -0.2) is 24.8 Å². The van der Waals surface area contributed by atoms with E-state index in [4.69, 9.17) is 4.74 Å². The van der Waals surface area contributed by atoms with E-state index in [0.29, 0.717) is 12.8 Å². The molecule has 23 heavy (non-hydrogen) atoms. The molecule has 2 aromatic rings. The zero-order valence-electron chi connectivity index (χ0n) is 13.1. The largest absolute Gasteiger partial charge is 0.469 e. The van der Waals surface area contributed by atoms with Crippen molar-refractivity contribution in [1.82, 2.24) is 0 Å². The van der Waals surface area contributed by atoms with Gasteiger partial charge in [0.05, 0.1) is 13.0 Å². The molecule has 122 valence electrons. The Morgan fingerprint density at radius 3 is 2.39 bits per heavy atom. The van der Waals surface area contributed by atoms with Crippen molar-refractivity contribution in [3.05, 3.63) is 71.5 Å². The van der Waals surface area contributed by atoms with Gasteiger partial charge in [0, 0.05) is 12.5 Å². The summed E-state index contributed by atoms with van der Waals surface area (Å²) >= 11 is 0. The van der Waals surface area contributed by atoms with Crippen molar-refractivity contribution in [3.8, 4) is 0 Å². The molecule has 2 atom stereocenters. The van der Waals surface area contributed by atoms with E-state index in [-0.39, 0.29) is 30.2 Å². The summed E-state index contributed by atoms with van der Waals surface area (Å²) in [5, 5.41) is 9.61. The maximum Gasteiger partial charge on any atom is 0.313 e. The van der Waals surface area contributed by atoms with Gasteiger partial charge in [0.25, 0.3) is 0 Å². The molecule has 0 amide bonds. The lowest BCUT2D eigenvalue weighted by atomic mass is 9.87. The fourth-order valence-electron chi connectivity index (χ4n) is 2.74. The molecule has 0 heterocycles. The van der Waals surface area contributed by atoms with Crippen LogP contribution < -0.4 is 0 Å². The Morgan fingerprint density at radius 1 is 1.09 bits per heavy atom. The molecule has 0 aliphatic heterocycles. The highest BCUT2D eigenvalue weighted by Gasteiger charge is 2.23. The molecule has 0 saturated heterocycles. The van der Waals surface area contributed by atoms with Crippen LogP contribution in [0.1, 0.15) is 35.8 Å². The van der Waals surface area contributed by atoms with E-state index in [1.54, 1.807) is 12.1 Å². The number of aliphatic hydroxyl groups is 1. The Labute approximate surface area is 135 Å². The summed E-state index contributed by atoms with van der Waals surface area (Å²) in [6.45, 7) is -0.0911. The van der Waals surface area contributed by atoms with Crippen LogP contribution in [0.15, 0.2) is 54.6 Å². The highest BCUT2D eigenvalue weighted by Crippen LogP contribution is 2.29. The standard InChI is InChI=1S/C19H21FO3/c1-23-19(22)18(14-6-3-2-4-7-14)11-10-16(13-21)15-8-5-9-17(20)12-15/h2-9,12,16,18,21H,10-11,13H2,1H3. The van der Waals surface area contributed by atoms with Gasteiger partial charge in [-0.05, 0) is 36.1 Å². The minimum atomic E-state index is -0.385. The molecule has 2 aromatic carbocycles. The van der Waals surface area contributed by atoms with Gasteiger partial charge in [-0.25, -0.2) is 4.39 Å². The van der Waals surface area contributed by atoms with Gasteiger partial charge in [-0.2, -0.15) is 0 Å². The van der Waals surface area contributed by atoms with Crippen LogP contribution in [-0.2, 0) is 9.53 Å². The Morgan fingerprint density at radius 2 is 1.78 bits per heavy atom. The van der Waals surface area contributed by atoms with Gasteiger partial charge in [0.1, 0.15) is 5.82 Å². The summed E-state index contributed by atoms with van der Waals surface area (Å²) in [5.74, 6) is -1.22. The number of rotatable bonds is 7. The summed E-state index contributed by atoms with van der Waals surface area (Å²) in [6, 6.07) is 15.6. The van der Waals surface area contributed by atoms with Gasteiger partial charge in [-0.1, -0.05) is 42.5 Å². The van der Waals surface area contributed by atoms with Gasteiger partial charge in [-0.15, -0.1) is 0 Å². The fourth-order valence-corrected chi connectivity index (χ4v) is 2.74. The third-order valence-electron chi connectivity index (χ3n) is 4.03. The van der Waals surface area contributed by atoms with Gasteiger partial charge in [0.2, 0.25) is 0 Å². The Bertz CT molecular complexity index is 628. The van der Waals surface area contributed by atoms with Crippen molar-refractivity contribution in [2.45, 2.75) is 24.7 Å². The predicted molar refractivity (Wildman–Crippen MR) is 86.7 cm³/mol. The molecule has 3 nitrogen and oxygen atoms in total. The average molecular weight is 316 g/mol. The number of halogens is 1. The molecule has 0 aliphatic rings. The quantitative estimate of drug-likeness (QED) is 0.793. The molecule has 4 heteroatoms. The van der Waals surface area contributed by atoms with Crippen LogP contribution in [0.25, 0.3) is 0 Å². The van der Waals surface area contributed by atoms with Gasteiger partial charge >= 0.3 is 5.97 Å². The Kier molecular flexibility index (Phi) is 6.29. The van der Waals surface area contributed by atoms with Crippen LogP contribution in [0.4, 0.5) is 4.39 Å². The molecular formula is C19H21FO3. The summed E-state index contributed by atoms with van der Waals surface area (Å²) < 4.78 is 18.3. The summed E-state index contributed by atoms with van der Waals surface area (Å²) in [4.78, 5) is 12.1. The monoisotopic (exact) mass is 316 g/mol. The normalized spacial score (nSPS) is 13.3. The zero-order valence-corrected chi connectivity index (χ0v) is 13.1. The van der Waals surface area contributed by atoms with E-state index in [9.17, 15) is 14.3 Å². The second-order valence-corrected chi connectivity index (χ2v) is 5.50. The Balaban J connectivity index is 2.12. The van der Waals surface area contributed by atoms with Crippen LogP contribution >= 0.6 is 0 Å². The number of methoxy groups -OCH3 is 1. The zero-order chi connectivity index (χ0) is 16.7. The molecule has 0 bridgehead atoms.